The van der Waals surface area contributed by atoms with E-state index in [-0.39, 0.29) is 4.90 Å². The first-order chi connectivity index (χ1) is 11.4. The molecule has 1 N–H and O–H groups in total. The summed E-state index contributed by atoms with van der Waals surface area (Å²) in [5.41, 5.74) is 2.87. The minimum absolute atomic E-state index is 0.174. The van der Waals surface area contributed by atoms with E-state index in [9.17, 15) is 8.42 Å². The maximum atomic E-state index is 12.6. The van der Waals surface area contributed by atoms with Gasteiger partial charge in [0.2, 0.25) is 0 Å². The Hall–Kier alpha value is -2.54. The van der Waals surface area contributed by atoms with Gasteiger partial charge in [-0.15, -0.1) is 0 Å². The highest BCUT2D eigenvalue weighted by Gasteiger charge is 2.17. The highest BCUT2D eigenvalue weighted by molar-refractivity contribution is 7.92. The van der Waals surface area contributed by atoms with Crippen molar-refractivity contribution in [1.29, 1.82) is 0 Å². The van der Waals surface area contributed by atoms with Crippen LogP contribution in [0.2, 0.25) is 0 Å². The molecule has 1 aromatic carbocycles. The van der Waals surface area contributed by atoms with E-state index in [0.717, 1.165) is 11.4 Å². The van der Waals surface area contributed by atoms with E-state index in [4.69, 9.17) is 4.74 Å². The van der Waals surface area contributed by atoms with Crippen molar-refractivity contribution in [3.8, 4) is 5.75 Å². The zero-order valence-corrected chi connectivity index (χ0v) is 14.6. The summed E-state index contributed by atoms with van der Waals surface area (Å²) in [6.45, 7) is 6.25. The van der Waals surface area contributed by atoms with Crippen LogP contribution < -0.4 is 9.46 Å². The van der Waals surface area contributed by atoms with Gasteiger partial charge in [0.15, 0.2) is 5.65 Å². The second-order valence-corrected chi connectivity index (χ2v) is 7.09. The summed E-state index contributed by atoms with van der Waals surface area (Å²) in [4.78, 5) is 4.62. The number of nitrogens with one attached hydrogen (secondary N) is 1. The number of hydrogen-bond donors (Lipinski definition) is 1. The number of pyridine rings is 1. The van der Waals surface area contributed by atoms with Crippen LogP contribution in [-0.2, 0) is 10.0 Å². The van der Waals surface area contributed by atoms with Crippen LogP contribution in [0.4, 0.5) is 5.69 Å². The summed E-state index contributed by atoms with van der Waals surface area (Å²) >= 11 is 0. The number of aryl methyl sites for hydroxylation is 2. The second kappa shape index (κ2) is 6.16. The maximum Gasteiger partial charge on any atom is 0.262 e. The van der Waals surface area contributed by atoms with E-state index in [1.54, 1.807) is 24.3 Å². The number of benzene rings is 1. The van der Waals surface area contributed by atoms with Crippen molar-refractivity contribution in [2.75, 3.05) is 11.3 Å². The fourth-order valence-electron chi connectivity index (χ4n) is 2.46. The second-order valence-electron chi connectivity index (χ2n) is 5.41. The van der Waals surface area contributed by atoms with Crippen LogP contribution in [0.3, 0.4) is 0 Å². The SMILES string of the molecule is CCOc1ccc(S(=O)(=O)Nc2cccn3c(C)c(C)nc23)cc1. The minimum atomic E-state index is -3.70. The van der Waals surface area contributed by atoms with Crippen LogP contribution in [0, 0.1) is 13.8 Å². The quantitative estimate of drug-likeness (QED) is 0.771. The van der Waals surface area contributed by atoms with Crippen LogP contribution in [-0.4, -0.2) is 24.4 Å². The number of nitrogens with zero attached hydrogens (tertiary/aromatic N) is 2. The van der Waals surface area contributed by atoms with E-state index in [1.807, 2.05) is 31.4 Å². The number of sulfonamides is 1. The van der Waals surface area contributed by atoms with E-state index >= 15 is 0 Å². The van der Waals surface area contributed by atoms with E-state index in [1.165, 1.54) is 12.1 Å². The molecule has 0 aliphatic heterocycles. The van der Waals surface area contributed by atoms with Gasteiger partial charge in [0, 0.05) is 11.9 Å². The Kier molecular flexibility index (Phi) is 4.19. The molecule has 3 aromatic rings. The normalized spacial score (nSPS) is 11.6. The van der Waals surface area contributed by atoms with Crippen LogP contribution in [0.15, 0.2) is 47.5 Å². The highest BCUT2D eigenvalue weighted by Crippen LogP contribution is 2.23. The molecule has 2 aromatic heterocycles. The molecule has 2 heterocycles. The molecule has 0 aliphatic carbocycles. The molecule has 0 radical (unpaired) electrons. The molecule has 0 aliphatic rings. The summed E-state index contributed by atoms with van der Waals surface area (Å²) < 4.78 is 35.1. The van der Waals surface area contributed by atoms with Gasteiger partial charge in [-0.25, -0.2) is 13.4 Å². The zero-order valence-electron chi connectivity index (χ0n) is 13.8. The summed E-state index contributed by atoms with van der Waals surface area (Å²) in [5.74, 6) is 0.637. The Morgan fingerprint density at radius 3 is 2.54 bits per heavy atom. The van der Waals surface area contributed by atoms with Gasteiger partial charge in [-0.05, 0) is 57.2 Å². The predicted octanol–water partition coefficient (Wildman–Crippen LogP) is 3.15. The van der Waals surface area contributed by atoms with Crippen molar-refractivity contribution in [2.45, 2.75) is 25.7 Å². The Balaban J connectivity index is 1.96. The number of aromatic nitrogens is 2. The van der Waals surface area contributed by atoms with Crippen molar-refractivity contribution >= 4 is 21.4 Å². The number of imidazole rings is 1. The minimum Gasteiger partial charge on any atom is -0.494 e. The van der Waals surface area contributed by atoms with Crippen molar-refractivity contribution in [3.05, 3.63) is 54.0 Å². The summed E-state index contributed by atoms with van der Waals surface area (Å²) in [6, 6.07) is 9.82. The lowest BCUT2D eigenvalue weighted by atomic mass is 10.3. The molecular weight excluding hydrogens is 326 g/mol. The zero-order chi connectivity index (χ0) is 17.3. The lowest BCUT2D eigenvalue weighted by Crippen LogP contribution is -2.13. The van der Waals surface area contributed by atoms with Crippen molar-refractivity contribution in [3.63, 3.8) is 0 Å². The molecule has 0 fully saturated rings. The van der Waals surface area contributed by atoms with Crippen molar-refractivity contribution in [1.82, 2.24) is 9.38 Å². The first kappa shape index (κ1) is 16.3. The molecule has 6 nitrogen and oxygen atoms in total. The summed E-state index contributed by atoms with van der Waals surface area (Å²) in [6.07, 6.45) is 1.86. The monoisotopic (exact) mass is 345 g/mol. The Morgan fingerprint density at radius 2 is 1.88 bits per heavy atom. The van der Waals surface area contributed by atoms with Crippen molar-refractivity contribution < 1.29 is 13.2 Å². The number of anilines is 1. The predicted molar refractivity (Wildman–Crippen MR) is 93.1 cm³/mol. The number of fused-ring (bicyclic) bond motifs is 1. The molecule has 0 spiro atoms. The van der Waals surface area contributed by atoms with Crippen LogP contribution >= 0.6 is 0 Å². The maximum absolute atomic E-state index is 12.6. The molecule has 0 bridgehead atoms. The molecule has 0 saturated heterocycles. The Bertz CT molecular complexity index is 976. The third-order valence-corrected chi connectivity index (χ3v) is 5.20. The van der Waals surface area contributed by atoms with Crippen LogP contribution in [0.25, 0.3) is 5.65 Å². The third-order valence-electron chi connectivity index (χ3n) is 3.82. The number of rotatable bonds is 5. The fourth-order valence-corrected chi connectivity index (χ4v) is 3.53. The molecule has 3 rings (SSSR count). The highest BCUT2D eigenvalue weighted by atomic mass is 32.2. The van der Waals surface area contributed by atoms with Crippen LogP contribution in [0.1, 0.15) is 18.3 Å². The molecule has 0 unspecified atom stereocenters. The van der Waals surface area contributed by atoms with Gasteiger partial charge in [-0.1, -0.05) is 0 Å². The van der Waals surface area contributed by atoms with E-state index < -0.39 is 10.0 Å². The van der Waals surface area contributed by atoms with Crippen LogP contribution in [0.5, 0.6) is 5.75 Å². The molecule has 126 valence electrons. The Morgan fingerprint density at radius 1 is 1.17 bits per heavy atom. The van der Waals surface area contributed by atoms with E-state index in [2.05, 4.69) is 9.71 Å². The van der Waals surface area contributed by atoms with Gasteiger partial charge >= 0.3 is 0 Å². The smallest absolute Gasteiger partial charge is 0.262 e. The lowest BCUT2D eigenvalue weighted by molar-refractivity contribution is 0.340. The van der Waals surface area contributed by atoms with Crippen molar-refractivity contribution in [2.24, 2.45) is 0 Å². The van der Waals surface area contributed by atoms with Gasteiger partial charge in [0.25, 0.3) is 10.0 Å². The van der Waals surface area contributed by atoms with Gasteiger partial charge in [-0.3, -0.25) is 4.72 Å². The number of hydrogen-bond acceptors (Lipinski definition) is 4. The molecule has 0 amide bonds. The molecule has 0 atom stereocenters. The topological polar surface area (TPSA) is 72.7 Å². The number of ether oxygens (including phenoxy) is 1. The largest absolute Gasteiger partial charge is 0.494 e. The molecular formula is C17H19N3O3S. The molecule has 0 saturated carbocycles. The third kappa shape index (κ3) is 2.94. The lowest BCUT2D eigenvalue weighted by Gasteiger charge is -2.10. The summed E-state index contributed by atoms with van der Waals surface area (Å²) in [7, 11) is -3.70. The Labute approximate surface area is 141 Å². The van der Waals surface area contributed by atoms with Gasteiger partial charge in [0.1, 0.15) is 5.75 Å². The van der Waals surface area contributed by atoms with Gasteiger partial charge in [0.05, 0.1) is 22.9 Å². The first-order valence-electron chi connectivity index (χ1n) is 7.62. The average molecular weight is 345 g/mol. The molecule has 7 heteroatoms. The summed E-state index contributed by atoms with van der Waals surface area (Å²) in [5, 5.41) is 0. The fraction of sp³-hybridized carbons (Fsp3) is 0.235. The van der Waals surface area contributed by atoms with Gasteiger partial charge in [-0.2, -0.15) is 0 Å². The standard InChI is InChI=1S/C17H19N3O3S/c1-4-23-14-7-9-15(10-8-14)24(21,22)19-16-6-5-11-20-13(3)12(2)18-17(16)20/h5-11,19H,4H2,1-3H3. The van der Waals surface area contributed by atoms with Gasteiger partial charge < -0.3 is 9.14 Å². The average Bonchev–Trinajstić information content (AvgIpc) is 2.84. The first-order valence-corrected chi connectivity index (χ1v) is 9.10. The molecule has 24 heavy (non-hydrogen) atoms. The van der Waals surface area contributed by atoms with E-state index in [0.29, 0.717) is 23.7 Å².